The molecule has 2 aromatic rings. The highest BCUT2D eigenvalue weighted by atomic mass is 16.5. The number of hydrogen-bond acceptors (Lipinski definition) is 5. The molecule has 1 N–H and O–H groups in total. The summed E-state index contributed by atoms with van der Waals surface area (Å²) in [7, 11) is 2.10. The van der Waals surface area contributed by atoms with E-state index >= 15 is 0 Å². The summed E-state index contributed by atoms with van der Waals surface area (Å²) in [6.07, 6.45) is 3.87. The van der Waals surface area contributed by atoms with Gasteiger partial charge in [-0.25, -0.2) is 0 Å². The van der Waals surface area contributed by atoms with Gasteiger partial charge in [0.2, 0.25) is 11.7 Å². The van der Waals surface area contributed by atoms with E-state index in [-0.39, 0.29) is 0 Å². The van der Waals surface area contributed by atoms with E-state index in [4.69, 9.17) is 4.52 Å². The molecule has 112 valence electrons. The Kier molecular flexibility index (Phi) is 4.62. The van der Waals surface area contributed by atoms with Crippen LogP contribution in [0, 0.1) is 0 Å². The minimum absolute atomic E-state index is 0.584. The van der Waals surface area contributed by atoms with Crippen molar-refractivity contribution in [2.45, 2.75) is 31.8 Å². The molecule has 1 unspecified atom stereocenters. The van der Waals surface area contributed by atoms with Crippen LogP contribution in [-0.2, 0) is 6.54 Å². The molecule has 1 fully saturated rings. The lowest BCUT2D eigenvalue weighted by Gasteiger charge is -2.27. The summed E-state index contributed by atoms with van der Waals surface area (Å²) in [5.74, 6) is 1.34. The van der Waals surface area contributed by atoms with Crippen molar-refractivity contribution in [1.82, 2.24) is 20.4 Å². The lowest BCUT2D eigenvalue weighted by Crippen LogP contribution is -2.42. The summed E-state index contributed by atoms with van der Waals surface area (Å²) < 4.78 is 5.36. The topological polar surface area (TPSA) is 54.2 Å². The number of rotatable bonds is 5. The first-order valence-corrected chi connectivity index (χ1v) is 7.61. The number of piperidine rings is 1. The van der Waals surface area contributed by atoms with Crippen molar-refractivity contribution >= 4 is 0 Å². The van der Waals surface area contributed by atoms with Gasteiger partial charge in [-0.15, -0.1) is 0 Å². The van der Waals surface area contributed by atoms with E-state index in [1.165, 1.54) is 19.3 Å². The van der Waals surface area contributed by atoms with Crippen LogP contribution in [0.15, 0.2) is 34.9 Å². The molecule has 3 rings (SSSR count). The molecule has 1 saturated heterocycles. The van der Waals surface area contributed by atoms with Crippen LogP contribution in [0.1, 0.15) is 25.2 Å². The van der Waals surface area contributed by atoms with Gasteiger partial charge in [0.1, 0.15) is 0 Å². The Morgan fingerprint density at radius 3 is 2.90 bits per heavy atom. The van der Waals surface area contributed by atoms with Crippen molar-refractivity contribution in [2.24, 2.45) is 0 Å². The maximum Gasteiger partial charge on any atom is 0.241 e. The molecule has 5 nitrogen and oxygen atoms in total. The Morgan fingerprint density at radius 1 is 1.29 bits per heavy atom. The van der Waals surface area contributed by atoms with E-state index in [1.54, 1.807) is 0 Å². The van der Waals surface area contributed by atoms with Gasteiger partial charge in [0, 0.05) is 18.2 Å². The smallest absolute Gasteiger partial charge is 0.241 e. The fourth-order valence-electron chi connectivity index (χ4n) is 2.78. The third kappa shape index (κ3) is 3.89. The van der Waals surface area contributed by atoms with Gasteiger partial charge in [-0.2, -0.15) is 4.98 Å². The summed E-state index contributed by atoms with van der Waals surface area (Å²) in [6, 6.07) is 10.5. The van der Waals surface area contributed by atoms with E-state index < -0.39 is 0 Å². The molecule has 0 saturated carbocycles. The fourth-order valence-corrected chi connectivity index (χ4v) is 2.78. The molecular weight excluding hydrogens is 264 g/mol. The molecule has 0 amide bonds. The SMILES string of the molecule is CN(Cc1nc(-c2ccccc2)no1)CC1CCCCN1. The van der Waals surface area contributed by atoms with Gasteiger partial charge in [0.05, 0.1) is 6.54 Å². The third-order valence-electron chi connectivity index (χ3n) is 3.85. The molecule has 1 aromatic heterocycles. The van der Waals surface area contributed by atoms with Crippen molar-refractivity contribution in [3.05, 3.63) is 36.2 Å². The lowest BCUT2D eigenvalue weighted by atomic mass is 10.0. The average molecular weight is 286 g/mol. The van der Waals surface area contributed by atoms with E-state index in [2.05, 4.69) is 27.4 Å². The first-order valence-electron chi connectivity index (χ1n) is 7.61. The quantitative estimate of drug-likeness (QED) is 0.914. The first-order chi connectivity index (χ1) is 10.3. The van der Waals surface area contributed by atoms with Crippen molar-refractivity contribution in [1.29, 1.82) is 0 Å². The van der Waals surface area contributed by atoms with Gasteiger partial charge >= 0.3 is 0 Å². The van der Waals surface area contributed by atoms with E-state index in [1.807, 2.05) is 30.3 Å². The van der Waals surface area contributed by atoms with E-state index in [0.29, 0.717) is 24.3 Å². The Hall–Kier alpha value is -1.72. The Balaban J connectivity index is 1.56. The molecule has 0 radical (unpaired) electrons. The molecule has 0 aliphatic carbocycles. The van der Waals surface area contributed by atoms with Gasteiger partial charge in [-0.05, 0) is 26.4 Å². The monoisotopic (exact) mass is 286 g/mol. The minimum Gasteiger partial charge on any atom is -0.338 e. The van der Waals surface area contributed by atoms with E-state index in [0.717, 1.165) is 18.7 Å². The van der Waals surface area contributed by atoms with Crippen molar-refractivity contribution in [3.63, 3.8) is 0 Å². The van der Waals surface area contributed by atoms with Crippen LogP contribution in [-0.4, -0.2) is 41.2 Å². The number of nitrogens with one attached hydrogen (secondary N) is 1. The minimum atomic E-state index is 0.584. The maximum absolute atomic E-state index is 5.36. The molecular formula is C16H22N4O. The van der Waals surface area contributed by atoms with Crippen LogP contribution in [0.3, 0.4) is 0 Å². The number of aromatic nitrogens is 2. The van der Waals surface area contributed by atoms with Crippen molar-refractivity contribution in [2.75, 3.05) is 20.1 Å². The highest BCUT2D eigenvalue weighted by molar-refractivity contribution is 5.53. The predicted molar refractivity (Wildman–Crippen MR) is 81.7 cm³/mol. The van der Waals surface area contributed by atoms with Crippen molar-refractivity contribution in [3.8, 4) is 11.4 Å². The molecule has 21 heavy (non-hydrogen) atoms. The lowest BCUT2D eigenvalue weighted by molar-refractivity contribution is 0.227. The zero-order valence-corrected chi connectivity index (χ0v) is 12.5. The Bertz CT molecular complexity index is 548. The molecule has 1 aliphatic rings. The molecule has 0 spiro atoms. The molecule has 1 atom stereocenters. The summed E-state index contributed by atoms with van der Waals surface area (Å²) in [5.41, 5.74) is 0.990. The standard InChI is InChI=1S/C16H22N4O/c1-20(11-14-9-5-6-10-17-14)12-15-18-16(19-21-15)13-7-3-2-4-8-13/h2-4,7-8,14,17H,5-6,9-12H2,1H3. The van der Waals surface area contributed by atoms with Crippen LogP contribution in [0.5, 0.6) is 0 Å². The predicted octanol–water partition coefficient (Wildman–Crippen LogP) is 2.31. The summed E-state index contributed by atoms with van der Waals surface area (Å²) in [4.78, 5) is 6.72. The van der Waals surface area contributed by atoms with Crippen LogP contribution in [0.2, 0.25) is 0 Å². The van der Waals surface area contributed by atoms with Crippen LogP contribution in [0.4, 0.5) is 0 Å². The second-order valence-corrected chi connectivity index (χ2v) is 5.72. The van der Waals surface area contributed by atoms with Crippen LogP contribution in [0.25, 0.3) is 11.4 Å². The summed E-state index contributed by atoms with van der Waals surface area (Å²) in [5, 5.41) is 7.62. The number of hydrogen-bond donors (Lipinski definition) is 1. The molecule has 5 heteroatoms. The second kappa shape index (κ2) is 6.83. The normalized spacial score (nSPS) is 19.0. The molecule has 1 aromatic carbocycles. The number of nitrogens with zero attached hydrogens (tertiary/aromatic N) is 3. The average Bonchev–Trinajstić information content (AvgIpc) is 2.97. The zero-order valence-electron chi connectivity index (χ0n) is 12.5. The Labute approximate surface area is 125 Å². The third-order valence-corrected chi connectivity index (χ3v) is 3.85. The largest absolute Gasteiger partial charge is 0.338 e. The molecule has 0 bridgehead atoms. The summed E-state index contributed by atoms with van der Waals surface area (Å²) in [6.45, 7) is 2.85. The van der Waals surface area contributed by atoms with E-state index in [9.17, 15) is 0 Å². The molecule has 2 heterocycles. The zero-order chi connectivity index (χ0) is 14.5. The highest BCUT2D eigenvalue weighted by Crippen LogP contribution is 2.15. The summed E-state index contributed by atoms with van der Waals surface area (Å²) >= 11 is 0. The number of benzene rings is 1. The van der Waals surface area contributed by atoms with Crippen LogP contribution >= 0.6 is 0 Å². The van der Waals surface area contributed by atoms with Gasteiger partial charge in [0.25, 0.3) is 0 Å². The maximum atomic E-state index is 5.36. The van der Waals surface area contributed by atoms with Crippen molar-refractivity contribution < 1.29 is 4.52 Å². The second-order valence-electron chi connectivity index (χ2n) is 5.72. The van der Waals surface area contributed by atoms with Crippen LogP contribution < -0.4 is 5.32 Å². The van der Waals surface area contributed by atoms with Gasteiger partial charge < -0.3 is 9.84 Å². The number of likely N-dealkylation sites (N-methyl/N-ethyl adjacent to an activating group) is 1. The van der Waals surface area contributed by atoms with Gasteiger partial charge in [0.15, 0.2) is 0 Å². The highest BCUT2D eigenvalue weighted by Gasteiger charge is 2.16. The van der Waals surface area contributed by atoms with Gasteiger partial charge in [-0.1, -0.05) is 41.9 Å². The Morgan fingerprint density at radius 2 is 2.14 bits per heavy atom. The fraction of sp³-hybridized carbons (Fsp3) is 0.500. The van der Waals surface area contributed by atoms with Gasteiger partial charge in [-0.3, -0.25) is 4.90 Å². The molecule has 1 aliphatic heterocycles. The first kappa shape index (κ1) is 14.2.